The van der Waals surface area contributed by atoms with E-state index in [4.69, 9.17) is 0 Å². The van der Waals surface area contributed by atoms with Crippen LogP contribution in [-0.4, -0.2) is 36.3 Å². The first-order chi connectivity index (χ1) is 13.0. The molecule has 2 N–H and O–H groups in total. The molecule has 2 aromatic rings. The van der Waals surface area contributed by atoms with E-state index in [9.17, 15) is 18.4 Å². The van der Waals surface area contributed by atoms with E-state index in [1.165, 1.54) is 0 Å². The average Bonchev–Trinajstić information content (AvgIpc) is 3.18. The number of anilines is 1. The summed E-state index contributed by atoms with van der Waals surface area (Å²) in [6.45, 7) is 1.81. The summed E-state index contributed by atoms with van der Waals surface area (Å²) < 4.78 is 26.2. The second-order valence-electron chi connectivity index (χ2n) is 6.48. The molecule has 1 aliphatic heterocycles. The van der Waals surface area contributed by atoms with Crippen LogP contribution in [0.5, 0.6) is 0 Å². The van der Waals surface area contributed by atoms with E-state index >= 15 is 0 Å². The van der Waals surface area contributed by atoms with Crippen molar-refractivity contribution in [2.24, 2.45) is 0 Å². The molecule has 0 aromatic heterocycles. The van der Waals surface area contributed by atoms with Crippen LogP contribution in [0, 0.1) is 11.6 Å². The van der Waals surface area contributed by atoms with Crippen molar-refractivity contribution in [3.8, 4) is 0 Å². The van der Waals surface area contributed by atoms with Crippen molar-refractivity contribution in [1.82, 2.24) is 10.2 Å². The number of hydrogen-bond acceptors (Lipinski definition) is 3. The van der Waals surface area contributed by atoms with Gasteiger partial charge in [0.2, 0.25) is 5.91 Å². The maximum absolute atomic E-state index is 13.1. The second-order valence-corrected chi connectivity index (χ2v) is 6.48. The van der Waals surface area contributed by atoms with Crippen molar-refractivity contribution < 1.29 is 18.4 Å². The largest absolute Gasteiger partial charge is 0.376 e. The van der Waals surface area contributed by atoms with Gasteiger partial charge in [0.1, 0.15) is 11.6 Å². The van der Waals surface area contributed by atoms with Crippen LogP contribution < -0.4 is 10.6 Å². The second kappa shape index (κ2) is 8.62. The van der Waals surface area contributed by atoms with Crippen molar-refractivity contribution in [2.45, 2.75) is 19.4 Å². The van der Waals surface area contributed by atoms with Crippen LogP contribution in [0.25, 0.3) is 0 Å². The van der Waals surface area contributed by atoms with Gasteiger partial charge in [-0.3, -0.25) is 9.59 Å². The molecule has 2 aromatic carbocycles. The first-order valence-electron chi connectivity index (χ1n) is 8.86. The van der Waals surface area contributed by atoms with E-state index in [2.05, 4.69) is 10.6 Å². The molecular formula is C20H21F2N3O2. The molecule has 0 aliphatic carbocycles. The van der Waals surface area contributed by atoms with Gasteiger partial charge in [0.25, 0.3) is 5.91 Å². The molecule has 1 heterocycles. The van der Waals surface area contributed by atoms with Crippen molar-refractivity contribution >= 4 is 17.5 Å². The Morgan fingerprint density at radius 2 is 1.59 bits per heavy atom. The van der Waals surface area contributed by atoms with Crippen LogP contribution >= 0.6 is 0 Å². The Balaban J connectivity index is 1.46. The maximum Gasteiger partial charge on any atom is 0.253 e. The minimum absolute atomic E-state index is 0.0367. The fourth-order valence-corrected chi connectivity index (χ4v) is 2.97. The van der Waals surface area contributed by atoms with Gasteiger partial charge in [0.05, 0.1) is 6.54 Å². The normalized spacial score (nSPS) is 13.5. The van der Waals surface area contributed by atoms with Crippen LogP contribution in [-0.2, 0) is 11.3 Å². The van der Waals surface area contributed by atoms with Crippen LogP contribution in [0.1, 0.15) is 28.8 Å². The number of carbonyl (C=O) groups excluding carboxylic acids is 2. The van der Waals surface area contributed by atoms with Crippen molar-refractivity contribution in [3.05, 3.63) is 65.2 Å². The smallest absolute Gasteiger partial charge is 0.253 e. The van der Waals surface area contributed by atoms with Gasteiger partial charge in [0, 0.05) is 37.0 Å². The van der Waals surface area contributed by atoms with Crippen LogP contribution in [0.15, 0.2) is 42.5 Å². The van der Waals surface area contributed by atoms with Crippen molar-refractivity contribution in [1.29, 1.82) is 0 Å². The van der Waals surface area contributed by atoms with E-state index in [-0.39, 0.29) is 24.0 Å². The van der Waals surface area contributed by atoms with Gasteiger partial charge in [-0.2, -0.15) is 0 Å². The number of hydrogen-bond donors (Lipinski definition) is 2. The van der Waals surface area contributed by atoms with Crippen LogP contribution in [0.4, 0.5) is 14.5 Å². The maximum atomic E-state index is 13.1. The van der Waals surface area contributed by atoms with Gasteiger partial charge in [-0.25, -0.2) is 8.78 Å². The Morgan fingerprint density at radius 1 is 0.963 bits per heavy atom. The molecule has 0 saturated carbocycles. The molecule has 0 atom stereocenters. The quantitative estimate of drug-likeness (QED) is 0.819. The Morgan fingerprint density at radius 3 is 2.22 bits per heavy atom. The van der Waals surface area contributed by atoms with Crippen molar-refractivity contribution in [3.63, 3.8) is 0 Å². The molecule has 2 amide bonds. The molecule has 1 aliphatic rings. The summed E-state index contributed by atoms with van der Waals surface area (Å²) in [6.07, 6.45) is 2.10. The fraction of sp³-hybridized carbons (Fsp3) is 0.300. The predicted octanol–water partition coefficient (Wildman–Crippen LogP) is 2.93. The summed E-state index contributed by atoms with van der Waals surface area (Å²) >= 11 is 0. The van der Waals surface area contributed by atoms with Gasteiger partial charge in [-0.05, 0) is 42.7 Å². The minimum atomic E-state index is -0.707. The van der Waals surface area contributed by atoms with Gasteiger partial charge < -0.3 is 15.5 Å². The monoisotopic (exact) mass is 373 g/mol. The molecule has 0 bridgehead atoms. The standard InChI is InChI=1S/C20H21F2N3O2/c21-16-9-17(22)11-18(10-16)23-13-19(26)24-12-14-3-5-15(6-4-14)20(27)25-7-1-2-8-25/h3-6,9-11,23H,1-2,7-8,12-13H2,(H,24,26). The van der Waals surface area contributed by atoms with Gasteiger partial charge >= 0.3 is 0 Å². The van der Waals surface area contributed by atoms with Gasteiger partial charge in [-0.1, -0.05) is 12.1 Å². The number of amides is 2. The molecule has 3 rings (SSSR count). The lowest BCUT2D eigenvalue weighted by Gasteiger charge is -2.15. The number of likely N-dealkylation sites (tertiary alicyclic amines) is 1. The Labute approximate surface area is 156 Å². The van der Waals surface area contributed by atoms with Gasteiger partial charge in [0.15, 0.2) is 0 Å². The zero-order valence-corrected chi connectivity index (χ0v) is 14.8. The molecule has 142 valence electrons. The zero-order chi connectivity index (χ0) is 19.2. The lowest BCUT2D eigenvalue weighted by Crippen LogP contribution is -2.29. The van der Waals surface area contributed by atoms with Crippen LogP contribution in [0.3, 0.4) is 0 Å². The summed E-state index contributed by atoms with van der Waals surface area (Å²) in [5, 5.41) is 5.39. The topological polar surface area (TPSA) is 61.4 Å². The molecule has 7 heteroatoms. The highest BCUT2D eigenvalue weighted by atomic mass is 19.1. The zero-order valence-electron chi connectivity index (χ0n) is 14.8. The molecule has 0 spiro atoms. The van der Waals surface area contributed by atoms with E-state index in [0.29, 0.717) is 12.1 Å². The van der Waals surface area contributed by atoms with Gasteiger partial charge in [-0.15, -0.1) is 0 Å². The molecule has 27 heavy (non-hydrogen) atoms. The lowest BCUT2D eigenvalue weighted by atomic mass is 10.1. The Kier molecular flexibility index (Phi) is 6.01. The van der Waals surface area contributed by atoms with E-state index in [1.54, 1.807) is 24.3 Å². The van der Waals surface area contributed by atoms with Crippen LogP contribution in [0.2, 0.25) is 0 Å². The summed E-state index contributed by atoms with van der Waals surface area (Å²) in [4.78, 5) is 26.0. The number of nitrogens with zero attached hydrogens (tertiary/aromatic N) is 1. The van der Waals surface area contributed by atoms with Crippen molar-refractivity contribution in [2.75, 3.05) is 25.0 Å². The van der Waals surface area contributed by atoms with E-state index in [1.807, 2.05) is 4.90 Å². The number of halogens is 2. The Hall–Kier alpha value is -2.96. The fourth-order valence-electron chi connectivity index (χ4n) is 2.97. The third kappa shape index (κ3) is 5.26. The lowest BCUT2D eigenvalue weighted by molar-refractivity contribution is -0.119. The highest BCUT2D eigenvalue weighted by Gasteiger charge is 2.19. The number of rotatable bonds is 6. The summed E-state index contributed by atoms with van der Waals surface area (Å²) in [6, 6.07) is 10.1. The molecule has 5 nitrogen and oxygen atoms in total. The first kappa shape index (κ1) is 18.8. The number of benzene rings is 2. The number of nitrogens with one attached hydrogen (secondary N) is 2. The SMILES string of the molecule is O=C(CNc1cc(F)cc(F)c1)NCc1ccc(C(=O)N2CCCC2)cc1. The first-order valence-corrected chi connectivity index (χ1v) is 8.86. The minimum Gasteiger partial charge on any atom is -0.376 e. The summed E-state index contributed by atoms with van der Waals surface area (Å²) in [5.74, 6) is -1.69. The highest BCUT2D eigenvalue weighted by molar-refractivity contribution is 5.94. The number of carbonyl (C=O) groups is 2. The third-order valence-electron chi connectivity index (χ3n) is 4.40. The average molecular weight is 373 g/mol. The highest BCUT2D eigenvalue weighted by Crippen LogP contribution is 2.14. The predicted molar refractivity (Wildman–Crippen MR) is 98.3 cm³/mol. The third-order valence-corrected chi connectivity index (χ3v) is 4.40. The summed E-state index contributed by atoms with van der Waals surface area (Å²) in [5.41, 5.74) is 1.70. The molecule has 1 saturated heterocycles. The molecule has 1 fully saturated rings. The van der Waals surface area contributed by atoms with E-state index in [0.717, 1.165) is 49.7 Å². The summed E-state index contributed by atoms with van der Waals surface area (Å²) in [7, 11) is 0. The van der Waals surface area contributed by atoms with E-state index < -0.39 is 11.6 Å². The molecular weight excluding hydrogens is 352 g/mol. The molecule has 0 radical (unpaired) electrons. The Bertz CT molecular complexity index is 798. The molecule has 0 unspecified atom stereocenters.